The standard InChI is InChI=1S/C13H14FNO4/c1-2-10-13(18,8-14)15(12(17)19-10)11(16)9-6-4-3-5-7-9/h3-7,10,18H,2,8H2,1H3. The second-order valence-electron chi connectivity index (χ2n) is 4.30. The molecule has 1 aliphatic rings. The van der Waals surface area contributed by atoms with Crippen molar-refractivity contribution in [1.82, 2.24) is 4.90 Å². The highest BCUT2D eigenvalue weighted by Crippen LogP contribution is 2.32. The number of halogens is 1. The minimum Gasteiger partial charge on any atom is -0.440 e. The highest BCUT2D eigenvalue weighted by atomic mass is 19.1. The lowest BCUT2D eigenvalue weighted by Crippen LogP contribution is -2.55. The number of alkyl halides is 1. The summed E-state index contributed by atoms with van der Waals surface area (Å²) >= 11 is 0. The van der Waals surface area contributed by atoms with Crippen LogP contribution in [0.5, 0.6) is 0 Å². The molecule has 0 spiro atoms. The number of benzene rings is 1. The number of hydrogen-bond donors (Lipinski definition) is 1. The fourth-order valence-electron chi connectivity index (χ4n) is 2.10. The van der Waals surface area contributed by atoms with Crippen molar-refractivity contribution in [2.24, 2.45) is 0 Å². The highest BCUT2D eigenvalue weighted by Gasteiger charge is 2.56. The summed E-state index contributed by atoms with van der Waals surface area (Å²) in [5, 5.41) is 10.2. The van der Waals surface area contributed by atoms with E-state index in [1.807, 2.05) is 0 Å². The Balaban J connectivity index is 2.37. The summed E-state index contributed by atoms with van der Waals surface area (Å²) in [6.45, 7) is 0.366. The largest absolute Gasteiger partial charge is 0.440 e. The minimum absolute atomic E-state index is 0.183. The molecule has 5 nitrogen and oxygen atoms in total. The van der Waals surface area contributed by atoms with Crippen molar-refractivity contribution >= 4 is 12.0 Å². The molecule has 0 radical (unpaired) electrons. The van der Waals surface area contributed by atoms with Gasteiger partial charge in [0.15, 0.2) is 6.10 Å². The predicted octanol–water partition coefficient (Wildman–Crippen LogP) is 1.72. The van der Waals surface area contributed by atoms with Crippen molar-refractivity contribution in [2.75, 3.05) is 6.67 Å². The zero-order chi connectivity index (χ0) is 14.0. The summed E-state index contributed by atoms with van der Waals surface area (Å²) in [5.74, 6) is -0.776. The Morgan fingerprint density at radius 3 is 2.63 bits per heavy atom. The van der Waals surface area contributed by atoms with Crippen molar-refractivity contribution in [3.8, 4) is 0 Å². The lowest BCUT2D eigenvalue weighted by atomic mass is 10.0. The van der Waals surface area contributed by atoms with E-state index in [1.165, 1.54) is 12.1 Å². The Morgan fingerprint density at radius 2 is 2.11 bits per heavy atom. The zero-order valence-corrected chi connectivity index (χ0v) is 10.4. The third-order valence-electron chi connectivity index (χ3n) is 3.12. The molecule has 2 unspecified atom stereocenters. The molecule has 0 saturated carbocycles. The molecule has 2 atom stereocenters. The second kappa shape index (κ2) is 4.97. The van der Waals surface area contributed by atoms with E-state index in [0.717, 1.165) is 0 Å². The van der Waals surface area contributed by atoms with Crippen LogP contribution in [0.4, 0.5) is 9.18 Å². The first-order valence-corrected chi connectivity index (χ1v) is 5.93. The van der Waals surface area contributed by atoms with E-state index in [9.17, 15) is 19.1 Å². The molecule has 0 aliphatic carbocycles. The summed E-state index contributed by atoms with van der Waals surface area (Å²) in [6.07, 6.45) is -1.87. The highest BCUT2D eigenvalue weighted by molar-refractivity contribution is 6.04. The molecule has 2 amide bonds. The number of rotatable bonds is 3. The van der Waals surface area contributed by atoms with Crippen LogP contribution in [0.25, 0.3) is 0 Å². The molecule has 1 aliphatic heterocycles. The van der Waals surface area contributed by atoms with E-state index in [4.69, 9.17) is 4.74 Å². The Morgan fingerprint density at radius 1 is 1.47 bits per heavy atom. The smallest absolute Gasteiger partial charge is 0.419 e. The maximum absolute atomic E-state index is 13.1. The topological polar surface area (TPSA) is 66.8 Å². The molecule has 1 fully saturated rings. The lowest BCUT2D eigenvalue weighted by molar-refractivity contribution is -0.102. The number of carbonyl (C=O) groups excluding carboxylic acids is 2. The number of ether oxygens (including phenoxy) is 1. The first-order chi connectivity index (χ1) is 9.04. The Kier molecular flexibility index (Phi) is 3.53. The molecule has 19 heavy (non-hydrogen) atoms. The summed E-state index contributed by atoms with van der Waals surface area (Å²) in [7, 11) is 0. The van der Waals surface area contributed by atoms with E-state index >= 15 is 0 Å². The number of aliphatic hydroxyl groups is 1. The predicted molar refractivity (Wildman–Crippen MR) is 64.1 cm³/mol. The first-order valence-electron chi connectivity index (χ1n) is 5.93. The van der Waals surface area contributed by atoms with Gasteiger partial charge in [-0.15, -0.1) is 0 Å². The van der Waals surface area contributed by atoms with Gasteiger partial charge in [0.2, 0.25) is 5.72 Å². The van der Waals surface area contributed by atoms with E-state index in [1.54, 1.807) is 25.1 Å². The fourth-order valence-corrected chi connectivity index (χ4v) is 2.10. The monoisotopic (exact) mass is 267 g/mol. The van der Waals surface area contributed by atoms with Gasteiger partial charge in [0.05, 0.1) is 0 Å². The van der Waals surface area contributed by atoms with Crippen LogP contribution in [0.3, 0.4) is 0 Å². The van der Waals surface area contributed by atoms with Gasteiger partial charge < -0.3 is 9.84 Å². The fraction of sp³-hybridized carbons (Fsp3) is 0.385. The molecular weight excluding hydrogens is 253 g/mol. The van der Waals surface area contributed by atoms with Crippen LogP contribution >= 0.6 is 0 Å². The summed E-state index contributed by atoms with van der Waals surface area (Å²) in [6, 6.07) is 7.89. The minimum atomic E-state index is -2.24. The van der Waals surface area contributed by atoms with Crippen LogP contribution in [0, 0.1) is 0 Å². The van der Waals surface area contributed by atoms with Gasteiger partial charge in [0, 0.05) is 5.56 Å². The van der Waals surface area contributed by atoms with Crippen LogP contribution in [0.1, 0.15) is 23.7 Å². The summed E-state index contributed by atoms with van der Waals surface area (Å²) in [4.78, 5) is 24.3. The summed E-state index contributed by atoms with van der Waals surface area (Å²) in [5.41, 5.74) is -2.05. The average Bonchev–Trinajstić information content (AvgIpc) is 2.70. The van der Waals surface area contributed by atoms with E-state index < -0.39 is 30.5 Å². The van der Waals surface area contributed by atoms with E-state index in [-0.39, 0.29) is 12.0 Å². The Labute approximate surface area is 109 Å². The number of nitrogens with zero attached hydrogens (tertiary/aromatic N) is 1. The molecule has 2 rings (SSSR count). The van der Waals surface area contributed by atoms with Crippen molar-refractivity contribution in [3.05, 3.63) is 35.9 Å². The van der Waals surface area contributed by atoms with E-state index in [0.29, 0.717) is 4.90 Å². The molecule has 1 heterocycles. The van der Waals surface area contributed by atoms with Gasteiger partial charge in [0.25, 0.3) is 5.91 Å². The first kappa shape index (κ1) is 13.5. The van der Waals surface area contributed by atoms with Gasteiger partial charge in [-0.05, 0) is 18.6 Å². The number of amides is 2. The Hall–Kier alpha value is -1.95. The molecule has 1 aromatic rings. The third kappa shape index (κ3) is 2.08. The molecule has 102 valence electrons. The zero-order valence-electron chi connectivity index (χ0n) is 10.4. The molecular formula is C13H14FNO4. The summed E-state index contributed by atoms with van der Waals surface area (Å²) < 4.78 is 18.0. The number of cyclic esters (lactones) is 1. The molecule has 1 saturated heterocycles. The van der Waals surface area contributed by atoms with Gasteiger partial charge in [-0.25, -0.2) is 14.1 Å². The third-order valence-corrected chi connectivity index (χ3v) is 3.12. The van der Waals surface area contributed by atoms with Crippen LogP contribution in [-0.4, -0.2) is 40.5 Å². The maximum Gasteiger partial charge on any atom is 0.419 e. The Bertz CT molecular complexity index is 493. The molecule has 0 bridgehead atoms. The average molecular weight is 267 g/mol. The molecule has 0 aromatic heterocycles. The van der Waals surface area contributed by atoms with Crippen molar-refractivity contribution in [3.63, 3.8) is 0 Å². The van der Waals surface area contributed by atoms with E-state index in [2.05, 4.69) is 0 Å². The van der Waals surface area contributed by atoms with Crippen LogP contribution in [0.15, 0.2) is 30.3 Å². The molecule has 6 heteroatoms. The number of carbonyl (C=O) groups is 2. The molecule has 1 N–H and O–H groups in total. The van der Waals surface area contributed by atoms with Crippen molar-refractivity contribution < 1.29 is 23.8 Å². The quantitative estimate of drug-likeness (QED) is 0.905. The van der Waals surface area contributed by atoms with Crippen LogP contribution < -0.4 is 0 Å². The van der Waals surface area contributed by atoms with Crippen molar-refractivity contribution in [2.45, 2.75) is 25.2 Å². The van der Waals surface area contributed by atoms with Crippen molar-refractivity contribution in [1.29, 1.82) is 0 Å². The number of hydrogen-bond acceptors (Lipinski definition) is 4. The van der Waals surface area contributed by atoms with Crippen LogP contribution in [0.2, 0.25) is 0 Å². The molecule has 1 aromatic carbocycles. The number of imide groups is 1. The van der Waals surface area contributed by atoms with Crippen LogP contribution in [-0.2, 0) is 4.74 Å². The normalized spacial score (nSPS) is 26.4. The van der Waals surface area contributed by atoms with Gasteiger partial charge >= 0.3 is 6.09 Å². The van der Waals surface area contributed by atoms with Gasteiger partial charge in [0.1, 0.15) is 6.67 Å². The lowest BCUT2D eigenvalue weighted by Gasteiger charge is -2.29. The maximum atomic E-state index is 13.1. The van der Waals surface area contributed by atoms with Gasteiger partial charge in [-0.3, -0.25) is 4.79 Å². The SMILES string of the molecule is CCC1OC(=O)N(C(=O)c2ccccc2)C1(O)CF. The van der Waals surface area contributed by atoms with Gasteiger partial charge in [-0.1, -0.05) is 25.1 Å². The van der Waals surface area contributed by atoms with Gasteiger partial charge in [-0.2, -0.15) is 0 Å². The second-order valence-corrected chi connectivity index (χ2v) is 4.30.